The maximum absolute atomic E-state index is 14.0. The zero-order chi connectivity index (χ0) is 29.2. The zero-order valence-corrected chi connectivity index (χ0v) is 23.9. The van der Waals surface area contributed by atoms with Crippen molar-refractivity contribution in [3.63, 3.8) is 0 Å². The number of alkyl carbamates (subject to hydrolysis) is 1. The van der Waals surface area contributed by atoms with Crippen LogP contribution in [0.15, 0.2) is 29.1 Å². The van der Waals surface area contributed by atoms with E-state index in [1.165, 1.54) is 4.90 Å². The molecule has 2 saturated carbocycles. The Morgan fingerprint density at radius 1 is 0.905 bits per heavy atom. The van der Waals surface area contributed by atoms with Gasteiger partial charge in [0.05, 0.1) is 17.4 Å². The third-order valence-electron chi connectivity index (χ3n) is 9.64. The maximum Gasteiger partial charge on any atom is 0.408 e. The van der Waals surface area contributed by atoms with Gasteiger partial charge in [0.15, 0.2) is 0 Å². The van der Waals surface area contributed by atoms with E-state index in [0.29, 0.717) is 17.4 Å². The van der Waals surface area contributed by atoms with E-state index >= 15 is 0 Å². The Kier molecular flexibility index (Phi) is 8.35. The van der Waals surface area contributed by atoms with Crippen molar-refractivity contribution in [2.24, 2.45) is 11.8 Å². The molecule has 2 amide bonds. The van der Waals surface area contributed by atoms with Gasteiger partial charge in [0.2, 0.25) is 5.91 Å². The van der Waals surface area contributed by atoms with Gasteiger partial charge in [-0.3, -0.25) is 14.2 Å². The van der Waals surface area contributed by atoms with Crippen LogP contribution in [0.3, 0.4) is 0 Å². The topological polar surface area (TPSA) is 140 Å². The molecule has 1 unspecified atom stereocenters. The summed E-state index contributed by atoms with van der Waals surface area (Å²) in [6, 6.07) is 5.28. The third-order valence-corrected chi connectivity index (χ3v) is 9.64. The minimum absolute atomic E-state index is 0.0170. The number of amides is 2. The third kappa shape index (κ3) is 5.83. The number of benzene rings is 1. The fourth-order valence-corrected chi connectivity index (χ4v) is 7.43. The lowest BCUT2D eigenvalue weighted by Crippen LogP contribution is -2.55. The SMILES string of the molecule is O=C1N[C@@H](C2CCCC2)C(=O)N2C[C@@H](C[C@H]2C(=O)O)Oc2nc3ccccc3c(=O)n2CCCCC[C@@H]2CCCC2O1. The molecular weight excluding hydrogens is 540 g/mol. The first kappa shape index (κ1) is 28.5. The highest BCUT2D eigenvalue weighted by molar-refractivity contribution is 5.90. The minimum Gasteiger partial charge on any atom is -0.480 e. The molecule has 6 rings (SSSR count). The van der Waals surface area contributed by atoms with E-state index in [4.69, 9.17) is 9.47 Å². The molecule has 0 radical (unpaired) electrons. The number of para-hydroxylation sites is 1. The molecule has 1 aromatic carbocycles. The second-order valence-electron chi connectivity index (χ2n) is 12.3. The molecule has 3 fully saturated rings. The number of aromatic nitrogens is 2. The quantitative estimate of drug-likeness (QED) is 0.546. The van der Waals surface area contributed by atoms with Crippen molar-refractivity contribution < 1.29 is 29.0 Å². The van der Waals surface area contributed by atoms with Gasteiger partial charge in [0.25, 0.3) is 11.6 Å². The summed E-state index contributed by atoms with van der Waals surface area (Å²) in [6.45, 7) is 0.434. The first-order chi connectivity index (χ1) is 20.4. The van der Waals surface area contributed by atoms with Crippen molar-refractivity contribution in [2.75, 3.05) is 6.54 Å². The Bertz CT molecular complexity index is 1390. The van der Waals surface area contributed by atoms with Crippen LogP contribution in [-0.4, -0.2) is 68.4 Å². The predicted molar refractivity (Wildman–Crippen MR) is 153 cm³/mol. The molecule has 3 heterocycles. The Balaban J connectivity index is 1.34. The highest BCUT2D eigenvalue weighted by atomic mass is 16.6. The molecule has 2 N–H and O–H groups in total. The molecule has 2 aliphatic carbocycles. The van der Waals surface area contributed by atoms with Gasteiger partial charge in [-0.15, -0.1) is 0 Å². The fourth-order valence-electron chi connectivity index (χ4n) is 7.43. The molecule has 1 aromatic heterocycles. The van der Waals surface area contributed by atoms with Crippen molar-refractivity contribution >= 4 is 28.9 Å². The fraction of sp³-hybridized carbons (Fsp3) is 0.645. The average Bonchev–Trinajstić information content (AvgIpc) is 3.74. The van der Waals surface area contributed by atoms with Gasteiger partial charge in [-0.1, -0.05) is 37.8 Å². The standard InChI is InChI=1S/C31H40N4O7/c36-27-22-13-5-6-14-23(22)32-30-34(27)16-7-1-2-9-19-12-8-15-25(19)42-31(40)33-26(20-10-3-4-11-20)28(37)35-18-21(41-30)17-24(35)29(38)39/h5-6,13-14,19-21,24-26H,1-4,7-12,15-18H2,(H,33,40)(H,38,39)/t19-,21-,24+,25?,26+/m1/s1. The zero-order valence-electron chi connectivity index (χ0n) is 23.9. The van der Waals surface area contributed by atoms with E-state index in [1.54, 1.807) is 28.8 Å². The highest BCUT2D eigenvalue weighted by Gasteiger charge is 2.46. The van der Waals surface area contributed by atoms with E-state index in [9.17, 15) is 24.3 Å². The van der Waals surface area contributed by atoms with Crippen LogP contribution in [0.1, 0.15) is 77.0 Å². The highest BCUT2D eigenvalue weighted by Crippen LogP contribution is 2.34. The second kappa shape index (κ2) is 12.3. The molecule has 11 nitrogen and oxygen atoms in total. The number of hydrogen-bond acceptors (Lipinski definition) is 7. The van der Waals surface area contributed by atoms with Crippen molar-refractivity contribution in [1.29, 1.82) is 0 Å². The number of ether oxygens (including phenoxy) is 2. The number of nitrogens with one attached hydrogen (secondary N) is 1. The molecule has 5 atom stereocenters. The number of carbonyl (C=O) groups is 3. The number of fused-ring (bicyclic) bond motifs is 5. The summed E-state index contributed by atoms with van der Waals surface area (Å²) in [4.78, 5) is 59.0. The van der Waals surface area contributed by atoms with E-state index in [0.717, 1.165) is 70.6 Å². The van der Waals surface area contributed by atoms with Gasteiger partial charge in [-0.25, -0.2) is 9.59 Å². The smallest absolute Gasteiger partial charge is 0.408 e. The molecule has 42 heavy (non-hydrogen) atoms. The van der Waals surface area contributed by atoms with Crippen molar-refractivity contribution in [1.82, 2.24) is 19.8 Å². The molecule has 2 bridgehead atoms. The van der Waals surface area contributed by atoms with Gasteiger partial charge < -0.3 is 24.8 Å². The summed E-state index contributed by atoms with van der Waals surface area (Å²) < 4.78 is 13.7. The summed E-state index contributed by atoms with van der Waals surface area (Å²) in [5, 5.41) is 13.5. The molecular formula is C31H40N4O7. The number of carbonyl (C=O) groups excluding carboxylic acids is 2. The maximum atomic E-state index is 14.0. The molecule has 11 heteroatoms. The van der Waals surface area contributed by atoms with Gasteiger partial charge >= 0.3 is 12.1 Å². The molecule has 4 aliphatic rings. The Hall–Kier alpha value is -3.63. The Morgan fingerprint density at radius 3 is 2.45 bits per heavy atom. The average molecular weight is 581 g/mol. The van der Waals surface area contributed by atoms with Crippen LogP contribution in [0.4, 0.5) is 4.79 Å². The number of rotatable bonds is 2. The van der Waals surface area contributed by atoms with Gasteiger partial charge in [0.1, 0.15) is 24.3 Å². The van der Waals surface area contributed by atoms with Crippen LogP contribution in [0.5, 0.6) is 6.01 Å². The minimum atomic E-state index is -1.13. The van der Waals surface area contributed by atoms with Gasteiger partial charge in [0, 0.05) is 13.0 Å². The Morgan fingerprint density at radius 2 is 1.64 bits per heavy atom. The summed E-state index contributed by atoms with van der Waals surface area (Å²) in [7, 11) is 0. The van der Waals surface area contributed by atoms with E-state index in [1.807, 2.05) is 0 Å². The predicted octanol–water partition coefficient (Wildman–Crippen LogP) is 3.86. The molecule has 1 saturated heterocycles. The number of carboxylic acids is 1. The number of carboxylic acid groups (broad SMARTS) is 1. The number of nitrogens with zero attached hydrogens (tertiary/aromatic N) is 3. The lowest BCUT2D eigenvalue weighted by atomic mass is 9.96. The van der Waals surface area contributed by atoms with Crippen LogP contribution >= 0.6 is 0 Å². The summed E-state index contributed by atoms with van der Waals surface area (Å²) in [5.41, 5.74) is 0.312. The molecule has 2 aliphatic heterocycles. The second-order valence-corrected chi connectivity index (χ2v) is 12.3. The first-order valence-corrected chi connectivity index (χ1v) is 15.6. The van der Waals surface area contributed by atoms with Crippen molar-refractivity contribution in [3.8, 4) is 6.01 Å². The van der Waals surface area contributed by atoms with E-state index in [-0.39, 0.29) is 42.5 Å². The van der Waals surface area contributed by atoms with Crippen LogP contribution in [0.2, 0.25) is 0 Å². The van der Waals surface area contributed by atoms with Crippen molar-refractivity contribution in [3.05, 3.63) is 34.6 Å². The first-order valence-electron chi connectivity index (χ1n) is 15.6. The van der Waals surface area contributed by atoms with E-state index < -0.39 is 36.2 Å². The normalized spacial score (nSPS) is 29.6. The van der Waals surface area contributed by atoms with E-state index in [2.05, 4.69) is 10.3 Å². The molecule has 226 valence electrons. The van der Waals surface area contributed by atoms with Crippen LogP contribution in [0.25, 0.3) is 10.9 Å². The number of aliphatic carboxylic acids is 1. The van der Waals surface area contributed by atoms with Crippen LogP contribution < -0.4 is 15.6 Å². The van der Waals surface area contributed by atoms with Crippen molar-refractivity contribution in [2.45, 2.75) is 108 Å². The van der Waals surface area contributed by atoms with Crippen LogP contribution in [0, 0.1) is 11.8 Å². The lowest BCUT2D eigenvalue weighted by Gasteiger charge is -2.31. The van der Waals surface area contributed by atoms with Gasteiger partial charge in [-0.2, -0.15) is 4.98 Å². The monoisotopic (exact) mass is 580 g/mol. The van der Waals surface area contributed by atoms with Crippen LogP contribution in [-0.2, 0) is 20.9 Å². The number of hydrogen-bond donors (Lipinski definition) is 2. The lowest BCUT2D eigenvalue weighted by molar-refractivity contribution is -0.149. The summed E-state index contributed by atoms with van der Waals surface area (Å²) in [6.07, 6.45) is 8.33. The summed E-state index contributed by atoms with van der Waals surface area (Å²) in [5.74, 6) is -1.39. The molecule has 0 spiro atoms. The largest absolute Gasteiger partial charge is 0.480 e. The summed E-state index contributed by atoms with van der Waals surface area (Å²) >= 11 is 0. The Labute approximate surface area is 244 Å². The molecule has 2 aromatic rings. The van der Waals surface area contributed by atoms with Gasteiger partial charge in [-0.05, 0) is 68.9 Å².